The summed E-state index contributed by atoms with van der Waals surface area (Å²) in [4.78, 5) is 0. The van der Waals surface area contributed by atoms with E-state index in [-0.39, 0.29) is 0 Å². The van der Waals surface area contributed by atoms with Crippen LogP contribution in [0.1, 0.15) is 59.8 Å². The predicted octanol–water partition coefficient (Wildman–Crippen LogP) is 5.20. The molecule has 0 unspecified atom stereocenters. The van der Waals surface area contributed by atoms with E-state index in [4.69, 9.17) is 0 Å². The van der Waals surface area contributed by atoms with Crippen LogP contribution in [0.2, 0.25) is 0 Å². The Hall–Kier alpha value is -0.560. The van der Waals surface area contributed by atoms with Crippen LogP contribution in [0.4, 0.5) is 0 Å². The first-order valence-electron chi connectivity index (χ1n) is 9.38. The van der Waals surface area contributed by atoms with Gasteiger partial charge in [-0.3, -0.25) is 0 Å². The zero-order chi connectivity index (χ0) is 16.1. The van der Waals surface area contributed by atoms with E-state index < -0.39 is 0 Å². The van der Waals surface area contributed by atoms with Gasteiger partial charge in [0.1, 0.15) is 0 Å². The minimum Gasteiger partial charge on any atom is -0.314 e. The minimum atomic E-state index is 0.341. The van der Waals surface area contributed by atoms with E-state index >= 15 is 0 Å². The molecule has 0 spiro atoms. The standard InChI is InChI=1S/C21H35N/c1-14(2)9-12-21-13-15(3)17-10-11-20(5,22-6)18(19(17)21)8-7-16(21)4/h9,12,15-19,22H,1,7-8,10-11,13H2,2-6H3/t15-,16+,17+,18-,19+,20-,21-/m0/s1. The lowest BCUT2D eigenvalue weighted by atomic mass is 9.50. The van der Waals surface area contributed by atoms with Crippen molar-refractivity contribution in [2.24, 2.45) is 35.0 Å². The summed E-state index contributed by atoms with van der Waals surface area (Å²) >= 11 is 0. The van der Waals surface area contributed by atoms with Crippen molar-refractivity contribution in [1.82, 2.24) is 5.32 Å². The van der Waals surface area contributed by atoms with Gasteiger partial charge in [-0.2, -0.15) is 0 Å². The van der Waals surface area contributed by atoms with Crippen molar-refractivity contribution in [1.29, 1.82) is 0 Å². The fourth-order valence-corrected chi connectivity index (χ4v) is 6.46. The van der Waals surface area contributed by atoms with E-state index in [0.717, 1.165) is 29.6 Å². The first-order valence-corrected chi connectivity index (χ1v) is 9.38. The molecule has 3 aliphatic rings. The third kappa shape index (κ3) is 2.23. The molecule has 0 aliphatic heterocycles. The zero-order valence-electron chi connectivity index (χ0n) is 15.3. The molecule has 0 radical (unpaired) electrons. The van der Waals surface area contributed by atoms with Crippen molar-refractivity contribution >= 4 is 0 Å². The van der Waals surface area contributed by atoms with Gasteiger partial charge in [-0.05, 0) is 88.0 Å². The average molecular weight is 302 g/mol. The number of rotatable bonds is 3. The molecule has 3 fully saturated rings. The molecule has 0 aromatic rings. The van der Waals surface area contributed by atoms with Crippen molar-refractivity contribution in [2.45, 2.75) is 65.3 Å². The molecule has 22 heavy (non-hydrogen) atoms. The maximum atomic E-state index is 4.11. The second-order valence-corrected chi connectivity index (χ2v) is 8.95. The summed E-state index contributed by atoms with van der Waals surface area (Å²) in [6.45, 7) is 13.8. The van der Waals surface area contributed by atoms with Crippen LogP contribution in [0.3, 0.4) is 0 Å². The Bertz CT molecular complexity index is 478. The molecule has 0 heterocycles. The molecule has 7 atom stereocenters. The van der Waals surface area contributed by atoms with Gasteiger partial charge in [-0.1, -0.05) is 38.2 Å². The largest absolute Gasteiger partial charge is 0.314 e. The Morgan fingerprint density at radius 3 is 2.59 bits per heavy atom. The summed E-state index contributed by atoms with van der Waals surface area (Å²) in [5.41, 5.74) is 1.96. The van der Waals surface area contributed by atoms with E-state index in [0.29, 0.717) is 11.0 Å². The van der Waals surface area contributed by atoms with Crippen molar-refractivity contribution in [3.63, 3.8) is 0 Å². The molecule has 1 nitrogen and oxygen atoms in total. The molecule has 0 aromatic carbocycles. The first-order chi connectivity index (χ1) is 10.3. The van der Waals surface area contributed by atoms with Crippen LogP contribution in [0.15, 0.2) is 24.3 Å². The topological polar surface area (TPSA) is 12.0 Å². The number of allylic oxidation sites excluding steroid dienone is 3. The van der Waals surface area contributed by atoms with Crippen LogP contribution < -0.4 is 5.32 Å². The highest BCUT2D eigenvalue weighted by molar-refractivity contribution is 5.23. The highest BCUT2D eigenvalue weighted by atomic mass is 15.0. The lowest BCUT2D eigenvalue weighted by molar-refractivity contribution is -0.0418. The van der Waals surface area contributed by atoms with E-state index in [2.05, 4.69) is 58.8 Å². The SMILES string of the molecule is C=C(C)C=C[C@]12C[C@H](C)[C@H]3CC[C@](C)(NC)[C@@H](CC[C@H]1C)[C@@H]32. The van der Waals surface area contributed by atoms with E-state index in [1.165, 1.54) is 37.7 Å². The predicted molar refractivity (Wildman–Crippen MR) is 95.7 cm³/mol. The molecule has 3 rings (SSSR count). The molecule has 0 aromatic heterocycles. The van der Waals surface area contributed by atoms with Gasteiger partial charge in [0.15, 0.2) is 0 Å². The lowest BCUT2D eigenvalue weighted by Gasteiger charge is -2.57. The first kappa shape index (κ1) is 16.3. The summed E-state index contributed by atoms with van der Waals surface area (Å²) in [5, 5.41) is 3.72. The summed E-state index contributed by atoms with van der Waals surface area (Å²) in [6, 6.07) is 0. The molecule has 0 saturated heterocycles. The van der Waals surface area contributed by atoms with E-state index in [9.17, 15) is 0 Å². The van der Waals surface area contributed by atoms with Crippen LogP contribution in [0.25, 0.3) is 0 Å². The molecule has 0 bridgehead atoms. The van der Waals surface area contributed by atoms with Crippen LogP contribution >= 0.6 is 0 Å². The maximum Gasteiger partial charge on any atom is 0.0181 e. The molecule has 124 valence electrons. The Morgan fingerprint density at radius 1 is 1.23 bits per heavy atom. The Morgan fingerprint density at radius 2 is 1.95 bits per heavy atom. The zero-order valence-corrected chi connectivity index (χ0v) is 15.3. The van der Waals surface area contributed by atoms with Gasteiger partial charge >= 0.3 is 0 Å². The molecule has 3 saturated carbocycles. The van der Waals surface area contributed by atoms with Gasteiger partial charge in [-0.25, -0.2) is 0 Å². The second kappa shape index (κ2) is 5.51. The highest BCUT2D eigenvalue weighted by Gasteiger charge is 2.62. The quantitative estimate of drug-likeness (QED) is 0.707. The monoisotopic (exact) mass is 301 g/mol. The molecule has 3 aliphatic carbocycles. The van der Waals surface area contributed by atoms with Crippen LogP contribution in [-0.4, -0.2) is 12.6 Å². The van der Waals surface area contributed by atoms with Crippen LogP contribution in [0.5, 0.6) is 0 Å². The van der Waals surface area contributed by atoms with Crippen molar-refractivity contribution in [3.8, 4) is 0 Å². The van der Waals surface area contributed by atoms with Gasteiger partial charge in [0.05, 0.1) is 0 Å². The number of hydrogen-bond donors (Lipinski definition) is 1. The molecule has 0 amide bonds. The summed E-state index contributed by atoms with van der Waals surface area (Å²) < 4.78 is 0. The second-order valence-electron chi connectivity index (χ2n) is 8.95. The van der Waals surface area contributed by atoms with Gasteiger partial charge < -0.3 is 5.32 Å². The average Bonchev–Trinajstić information content (AvgIpc) is 2.78. The third-order valence-electron chi connectivity index (χ3n) is 7.81. The normalized spacial score (nSPS) is 51.0. The van der Waals surface area contributed by atoms with E-state index in [1.807, 2.05) is 0 Å². The van der Waals surface area contributed by atoms with Crippen molar-refractivity contribution in [2.75, 3.05) is 7.05 Å². The van der Waals surface area contributed by atoms with Crippen LogP contribution in [-0.2, 0) is 0 Å². The van der Waals surface area contributed by atoms with E-state index in [1.54, 1.807) is 0 Å². The fourth-order valence-electron chi connectivity index (χ4n) is 6.46. The smallest absolute Gasteiger partial charge is 0.0181 e. The van der Waals surface area contributed by atoms with Crippen molar-refractivity contribution < 1.29 is 0 Å². The lowest BCUT2D eigenvalue weighted by Crippen LogP contribution is -2.58. The molecule has 1 N–H and O–H groups in total. The number of nitrogens with one attached hydrogen (secondary N) is 1. The fraction of sp³-hybridized carbons (Fsp3) is 0.810. The van der Waals surface area contributed by atoms with Gasteiger partial charge in [0.2, 0.25) is 0 Å². The summed E-state index contributed by atoms with van der Waals surface area (Å²) in [7, 11) is 2.18. The summed E-state index contributed by atoms with van der Waals surface area (Å²) in [6.07, 6.45) is 11.9. The highest BCUT2D eigenvalue weighted by Crippen LogP contribution is 2.67. The molecule has 1 heteroatoms. The third-order valence-corrected chi connectivity index (χ3v) is 7.81. The van der Waals surface area contributed by atoms with Gasteiger partial charge in [0, 0.05) is 5.54 Å². The van der Waals surface area contributed by atoms with Gasteiger partial charge in [0.25, 0.3) is 0 Å². The summed E-state index contributed by atoms with van der Waals surface area (Å²) in [5.74, 6) is 4.34. The number of hydrogen-bond acceptors (Lipinski definition) is 1. The Labute approximate surface area is 137 Å². The maximum absolute atomic E-state index is 4.11. The van der Waals surface area contributed by atoms with Crippen LogP contribution in [0, 0.1) is 35.0 Å². The molecular weight excluding hydrogens is 266 g/mol. The minimum absolute atomic E-state index is 0.341. The Balaban J connectivity index is 2.05. The Kier molecular flexibility index (Phi) is 4.08. The molecular formula is C21H35N. The van der Waals surface area contributed by atoms with Crippen molar-refractivity contribution in [3.05, 3.63) is 24.3 Å². The van der Waals surface area contributed by atoms with Gasteiger partial charge in [-0.15, -0.1) is 0 Å².